The van der Waals surface area contributed by atoms with E-state index in [-0.39, 0.29) is 0 Å². The van der Waals surface area contributed by atoms with Crippen LogP contribution in [0.5, 0.6) is 5.75 Å². The first-order valence-electron chi connectivity index (χ1n) is 8.05. The number of thioether (sulfide) groups is 1. The Hall–Kier alpha value is -2.34. The van der Waals surface area contributed by atoms with Crippen molar-refractivity contribution in [2.45, 2.75) is 36.4 Å². The Morgan fingerprint density at radius 3 is 2.71 bits per heavy atom. The maximum atomic E-state index is 5.89. The third kappa shape index (κ3) is 3.76. The van der Waals surface area contributed by atoms with E-state index in [1.807, 2.05) is 35.0 Å². The molecule has 1 aliphatic carbocycles. The van der Waals surface area contributed by atoms with Crippen molar-refractivity contribution in [3.8, 4) is 5.75 Å². The minimum Gasteiger partial charge on any atom is -0.489 e. The zero-order valence-corrected chi connectivity index (χ0v) is 14.0. The van der Waals surface area contributed by atoms with Crippen molar-refractivity contribution in [2.75, 3.05) is 0 Å². The molecule has 4 rings (SSSR count). The highest BCUT2D eigenvalue weighted by molar-refractivity contribution is 7.98. The van der Waals surface area contributed by atoms with Crippen molar-refractivity contribution in [3.63, 3.8) is 0 Å². The second-order valence-corrected chi connectivity index (χ2v) is 6.79. The zero-order valence-electron chi connectivity index (χ0n) is 13.2. The summed E-state index contributed by atoms with van der Waals surface area (Å²) in [7, 11) is 0. The predicted molar refractivity (Wildman–Crippen MR) is 92.9 cm³/mol. The van der Waals surface area contributed by atoms with Gasteiger partial charge in [0.25, 0.3) is 0 Å². The largest absolute Gasteiger partial charge is 0.489 e. The summed E-state index contributed by atoms with van der Waals surface area (Å²) in [6.45, 7) is 0.581. The van der Waals surface area contributed by atoms with Gasteiger partial charge >= 0.3 is 0 Å². The molecule has 24 heavy (non-hydrogen) atoms. The normalized spacial score (nSPS) is 13.8. The van der Waals surface area contributed by atoms with Gasteiger partial charge in [-0.25, -0.2) is 4.68 Å². The van der Waals surface area contributed by atoms with Gasteiger partial charge in [0.15, 0.2) is 0 Å². The number of nitrogens with zero attached hydrogens (tertiary/aromatic N) is 4. The molecule has 1 heterocycles. The summed E-state index contributed by atoms with van der Waals surface area (Å²) in [6.07, 6.45) is 2.36. The molecule has 6 heteroatoms. The monoisotopic (exact) mass is 338 g/mol. The van der Waals surface area contributed by atoms with Crippen LogP contribution >= 0.6 is 11.8 Å². The Morgan fingerprint density at radius 2 is 1.88 bits per heavy atom. The first-order valence-corrected chi connectivity index (χ1v) is 9.03. The summed E-state index contributed by atoms with van der Waals surface area (Å²) in [6, 6.07) is 18.9. The van der Waals surface area contributed by atoms with E-state index in [0.29, 0.717) is 12.6 Å². The summed E-state index contributed by atoms with van der Waals surface area (Å²) in [4.78, 5) is 0. The number of benzene rings is 2. The molecule has 2 aromatic carbocycles. The van der Waals surface area contributed by atoms with Gasteiger partial charge in [0, 0.05) is 5.75 Å². The molecule has 0 bridgehead atoms. The van der Waals surface area contributed by atoms with Crippen LogP contribution in [0.15, 0.2) is 59.8 Å². The van der Waals surface area contributed by atoms with E-state index in [4.69, 9.17) is 4.74 Å². The minimum atomic E-state index is 0.503. The molecular weight excluding hydrogens is 320 g/mol. The van der Waals surface area contributed by atoms with E-state index in [9.17, 15) is 0 Å². The van der Waals surface area contributed by atoms with E-state index in [2.05, 4.69) is 39.8 Å². The van der Waals surface area contributed by atoms with Crippen LogP contribution in [0.3, 0.4) is 0 Å². The molecule has 1 fully saturated rings. The number of tetrazole rings is 1. The van der Waals surface area contributed by atoms with Crippen molar-refractivity contribution in [3.05, 3.63) is 65.7 Å². The highest BCUT2D eigenvalue weighted by Crippen LogP contribution is 2.37. The van der Waals surface area contributed by atoms with Crippen LogP contribution in [0.2, 0.25) is 0 Å². The van der Waals surface area contributed by atoms with Crippen molar-refractivity contribution >= 4 is 11.8 Å². The zero-order chi connectivity index (χ0) is 16.2. The van der Waals surface area contributed by atoms with Gasteiger partial charge in [-0.2, -0.15) is 0 Å². The number of rotatable bonds is 7. The molecule has 0 unspecified atom stereocenters. The second-order valence-electron chi connectivity index (χ2n) is 5.85. The summed E-state index contributed by atoms with van der Waals surface area (Å²) in [5, 5.41) is 12.9. The summed E-state index contributed by atoms with van der Waals surface area (Å²) >= 11 is 1.67. The molecule has 0 N–H and O–H groups in total. The average molecular weight is 338 g/mol. The summed E-state index contributed by atoms with van der Waals surface area (Å²) in [5.74, 6) is 1.72. The highest BCUT2D eigenvalue weighted by Gasteiger charge is 2.27. The maximum absolute atomic E-state index is 5.89. The molecule has 0 radical (unpaired) electrons. The van der Waals surface area contributed by atoms with Gasteiger partial charge in [0.05, 0.1) is 6.04 Å². The molecule has 0 saturated heterocycles. The SMILES string of the molecule is c1ccc(COc2cccc(CSc3nnnn3C3CC3)c2)cc1. The maximum Gasteiger partial charge on any atom is 0.209 e. The molecule has 0 amide bonds. The number of hydrogen-bond donors (Lipinski definition) is 0. The van der Waals surface area contributed by atoms with Crippen LogP contribution in [0.1, 0.15) is 30.0 Å². The Balaban J connectivity index is 1.36. The van der Waals surface area contributed by atoms with Gasteiger partial charge in [-0.1, -0.05) is 54.2 Å². The van der Waals surface area contributed by atoms with Crippen LogP contribution in [-0.2, 0) is 12.4 Å². The molecule has 0 spiro atoms. The lowest BCUT2D eigenvalue weighted by atomic mass is 10.2. The van der Waals surface area contributed by atoms with E-state index >= 15 is 0 Å². The van der Waals surface area contributed by atoms with Crippen LogP contribution in [0.4, 0.5) is 0 Å². The standard InChI is InChI=1S/C18H18N4OS/c1-2-5-14(6-3-1)12-23-17-8-4-7-15(11-17)13-24-18-19-20-21-22(18)16-9-10-16/h1-8,11,16H,9-10,12-13H2. The van der Waals surface area contributed by atoms with Crippen LogP contribution in [0, 0.1) is 0 Å². The Morgan fingerprint density at radius 1 is 1.04 bits per heavy atom. The third-order valence-electron chi connectivity index (χ3n) is 3.87. The fourth-order valence-corrected chi connectivity index (χ4v) is 3.33. The van der Waals surface area contributed by atoms with Crippen LogP contribution in [0.25, 0.3) is 0 Å². The van der Waals surface area contributed by atoms with Crippen LogP contribution < -0.4 is 4.74 Å². The Kier molecular flexibility index (Phi) is 4.46. The molecule has 0 aliphatic heterocycles. The molecule has 1 aromatic heterocycles. The topological polar surface area (TPSA) is 52.8 Å². The lowest BCUT2D eigenvalue weighted by molar-refractivity contribution is 0.306. The lowest BCUT2D eigenvalue weighted by Gasteiger charge is -2.08. The predicted octanol–water partition coefficient (Wildman–Crippen LogP) is 3.88. The van der Waals surface area contributed by atoms with Crippen molar-refractivity contribution in [1.82, 2.24) is 20.2 Å². The summed E-state index contributed by atoms with van der Waals surface area (Å²) in [5.41, 5.74) is 2.37. The van der Waals surface area contributed by atoms with Crippen LogP contribution in [-0.4, -0.2) is 20.2 Å². The molecule has 0 atom stereocenters. The van der Waals surface area contributed by atoms with Crippen molar-refractivity contribution < 1.29 is 4.74 Å². The molecule has 3 aromatic rings. The number of hydrogen-bond acceptors (Lipinski definition) is 5. The first-order chi connectivity index (χ1) is 11.9. The van der Waals surface area contributed by atoms with E-state index < -0.39 is 0 Å². The van der Waals surface area contributed by atoms with E-state index in [1.165, 1.54) is 24.0 Å². The number of aromatic nitrogens is 4. The van der Waals surface area contributed by atoms with Crippen molar-refractivity contribution in [2.24, 2.45) is 0 Å². The second kappa shape index (κ2) is 7.05. The number of ether oxygens (including phenoxy) is 1. The Bertz CT molecular complexity index is 802. The summed E-state index contributed by atoms with van der Waals surface area (Å²) < 4.78 is 7.83. The fraction of sp³-hybridized carbons (Fsp3) is 0.278. The van der Waals surface area contributed by atoms with E-state index in [1.54, 1.807) is 11.8 Å². The van der Waals surface area contributed by atoms with Gasteiger partial charge in [0.2, 0.25) is 5.16 Å². The van der Waals surface area contributed by atoms with Gasteiger partial charge in [-0.15, -0.1) is 5.10 Å². The molecule has 5 nitrogen and oxygen atoms in total. The Labute approximate surface area is 145 Å². The minimum absolute atomic E-state index is 0.503. The van der Waals surface area contributed by atoms with Crippen molar-refractivity contribution in [1.29, 1.82) is 0 Å². The average Bonchev–Trinajstić information content (AvgIpc) is 3.37. The highest BCUT2D eigenvalue weighted by atomic mass is 32.2. The molecule has 1 aliphatic rings. The third-order valence-corrected chi connectivity index (χ3v) is 4.87. The first kappa shape index (κ1) is 15.2. The fourth-order valence-electron chi connectivity index (χ4n) is 2.44. The van der Waals surface area contributed by atoms with Gasteiger partial charge in [0.1, 0.15) is 12.4 Å². The molecule has 1 saturated carbocycles. The lowest BCUT2D eigenvalue weighted by Crippen LogP contribution is -1.99. The van der Waals surface area contributed by atoms with E-state index in [0.717, 1.165) is 16.7 Å². The molecule has 122 valence electrons. The van der Waals surface area contributed by atoms with Gasteiger partial charge in [-0.3, -0.25) is 0 Å². The van der Waals surface area contributed by atoms with Gasteiger partial charge in [-0.05, 0) is 46.5 Å². The van der Waals surface area contributed by atoms with Gasteiger partial charge < -0.3 is 4.74 Å². The molecular formula is C18H18N4OS. The smallest absolute Gasteiger partial charge is 0.209 e. The quantitative estimate of drug-likeness (QED) is 0.612.